The first-order valence-corrected chi connectivity index (χ1v) is 9.40. The van der Waals surface area contributed by atoms with E-state index in [1.165, 1.54) is 6.26 Å². The molecule has 0 spiro atoms. The molecule has 4 heteroatoms. The van der Waals surface area contributed by atoms with Gasteiger partial charge in [-0.1, -0.05) is 26.7 Å². The van der Waals surface area contributed by atoms with Gasteiger partial charge in [-0.25, -0.2) is 8.42 Å². The molecular weight excluding hydrogens is 260 g/mol. The van der Waals surface area contributed by atoms with Gasteiger partial charge in [0.05, 0.1) is 5.25 Å². The summed E-state index contributed by atoms with van der Waals surface area (Å²) in [6.45, 7) is 4.36. The maximum Gasteiger partial charge on any atom is 0.150 e. The Kier molecular flexibility index (Phi) is 4.10. The molecule has 3 nitrogen and oxygen atoms in total. The highest BCUT2D eigenvalue weighted by atomic mass is 32.2. The Balaban J connectivity index is 2.08. The molecule has 110 valence electrons. The summed E-state index contributed by atoms with van der Waals surface area (Å²) >= 11 is 0. The van der Waals surface area contributed by atoms with Gasteiger partial charge in [0.1, 0.15) is 15.6 Å². The zero-order chi connectivity index (χ0) is 14.3. The molecule has 0 radical (unpaired) electrons. The van der Waals surface area contributed by atoms with E-state index >= 15 is 0 Å². The molecule has 0 aliphatic heterocycles. The molecule has 2 rings (SSSR count). The number of rotatable bonds is 3. The van der Waals surface area contributed by atoms with Crippen LogP contribution in [0.3, 0.4) is 0 Å². The van der Waals surface area contributed by atoms with Crippen LogP contribution in [0.4, 0.5) is 0 Å². The van der Waals surface area contributed by atoms with Gasteiger partial charge >= 0.3 is 0 Å². The lowest BCUT2D eigenvalue weighted by Crippen LogP contribution is -2.36. The van der Waals surface area contributed by atoms with Crippen LogP contribution in [-0.2, 0) is 14.6 Å². The second-order valence-corrected chi connectivity index (χ2v) is 9.48. The molecular formula is C15H26O3S. The molecule has 0 aromatic rings. The largest absolute Gasteiger partial charge is 0.299 e. The first-order valence-electron chi connectivity index (χ1n) is 7.44. The monoisotopic (exact) mass is 286 g/mol. The lowest BCUT2D eigenvalue weighted by Gasteiger charge is -2.33. The molecule has 2 saturated carbocycles. The van der Waals surface area contributed by atoms with Gasteiger partial charge < -0.3 is 0 Å². The lowest BCUT2D eigenvalue weighted by molar-refractivity contribution is -0.130. The Hall–Kier alpha value is -0.380. The van der Waals surface area contributed by atoms with Gasteiger partial charge in [0, 0.05) is 18.1 Å². The molecule has 0 aromatic carbocycles. The van der Waals surface area contributed by atoms with Crippen molar-refractivity contribution in [2.24, 2.45) is 17.3 Å². The van der Waals surface area contributed by atoms with E-state index in [2.05, 4.69) is 13.8 Å². The molecule has 2 aliphatic rings. The Morgan fingerprint density at radius 1 is 1.11 bits per heavy atom. The van der Waals surface area contributed by atoms with Crippen molar-refractivity contribution < 1.29 is 13.2 Å². The number of carbonyl (C=O) groups is 1. The minimum Gasteiger partial charge on any atom is -0.299 e. The van der Waals surface area contributed by atoms with Crippen molar-refractivity contribution >= 4 is 15.6 Å². The van der Waals surface area contributed by atoms with E-state index in [1.807, 2.05) is 0 Å². The van der Waals surface area contributed by atoms with E-state index in [9.17, 15) is 13.2 Å². The molecule has 0 N–H and O–H groups in total. The smallest absolute Gasteiger partial charge is 0.150 e. The fourth-order valence-electron chi connectivity index (χ4n) is 3.93. The van der Waals surface area contributed by atoms with Crippen LogP contribution in [0.25, 0.3) is 0 Å². The molecule has 0 amide bonds. The summed E-state index contributed by atoms with van der Waals surface area (Å²) in [4.78, 5) is 12.7. The number of Topliss-reactive ketones (excluding diaryl/α,β-unsaturated/α-hetero) is 1. The van der Waals surface area contributed by atoms with Crippen LogP contribution in [0.15, 0.2) is 0 Å². The maximum absolute atomic E-state index is 12.7. The molecule has 3 atom stereocenters. The summed E-state index contributed by atoms with van der Waals surface area (Å²) in [6, 6.07) is 0. The van der Waals surface area contributed by atoms with Crippen LogP contribution >= 0.6 is 0 Å². The van der Waals surface area contributed by atoms with Gasteiger partial charge in [0.25, 0.3) is 0 Å². The summed E-state index contributed by atoms with van der Waals surface area (Å²) in [7, 11) is -3.00. The Labute approximate surface area is 117 Å². The third kappa shape index (κ3) is 3.21. The molecule has 19 heavy (non-hydrogen) atoms. The summed E-state index contributed by atoms with van der Waals surface area (Å²) in [5.41, 5.74) is 0.106. The SMILES string of the molecule is CC1(C)CCCC1C(=O)C1CCCC(S(C)(=O)=O)C1. The van der Waals surface area contributed by atoms with E-state index in [-0.39, 0.29) is 22.5 Å². The third-order valence-corrected chi connectivity index (χ3v) is 6.87. The Morgan fingerprint density at radius 3 is 2.32 bits per heavy atom. The van der Waals surface area contributed by atoms with E-state index in [1.54, 1.807) is 0 Å². The highest BCUT2D eigenvalue weighted by Crippen LogP contribution is 2.45. The van der Waals surface area contributed by atoms with Crippen molar-refractivity contribution in [1.82, 2.24) is 0 Å². The number of carbonyl (C=O) groups excluding carboxylic acids is 1. The molecule has 0 heterocycles. The molecule has 3 unspecified atom stereocenters. The molecule has 0 bridgehead atoms. The standard InChI is InChI=1S/C15H26O3S/c1-15(2)9-5-8-13(15)14(16)11-6-4-7-12(10-11)19(3,17)18/h11-13H,4-10H2,1-3H3. The van der Waals surface area contributed by atoms with Crippen molar-refractivity contribution in [3.8, 4) is 0 Å². The van der Waals surface area contributed by atoms with Gasteiger partial charge in [-0.2, -0.15) is 0 Å². The van der Waals surface area contributed by atoms with Crippen LogP contribution in [-0.4, -0.2) is 25.7 Å². The number of ketones is 1. The molecule has 2 fully saturated rings. The van der Waals surface area contributed by atoms with Gasteiger partial charge in [-0.15, -0.1) is 0 Å². The quantitative estimate of drug-likeness (QED) is 0.801. The highest BCUT2D eigenvalue weighted by molar-refractivity contribution is 7.91. The number of hydrogen-bond donors (Lipinski definition) is 0. The topological polar surface area (TPSA) is 51.2 Å². The molecule has 0 aromatic heterocycles. The summed E-state index contributed by atoms with van der Waals surface area (Å²) in [6.07, 6.45) is 7.60. The van der Waals surface area contributed by atoms with E-state index in [4.69, 9.17) is 0 Å². The van der Waals surface area contributed by atoms with Crippen molar-refractivity contribution in [3.05, 3.63) is 0 Å². The average molecular weight is 286 g/mol. The first kappa shape index (κ1) is 15.0. The second kappa shape index (κ2) is 5.19. The van der Waals surface area contributed by atoms with Crippen molar-refractivity contribution in [3.63, 3.8) is 0 Å². The average Bonchev–Trinajstić information content (AvgIpc) is 2.67. The zero-order valence-electron chi connectivity index (χ0n) is 12.3. The van der Waals surface area contributed by atoms with Crippen LogP contribution in [0.2, 0.25) is 0 Å². The second-order valence-electron chi connectivity index (χ2n) is 7.15. The van der Waals surface area contributed by atoms with Crippen LogP contribution in [0.5, 0.6) is 0 Å². The fourth-order valence-corrected chi connectivity index (χ4v) is 5.11. The Morgan fingerprint density at radius 2 is 1.79 bits per heavy atom. The fraction of sp³-hybridized carbons (Fsp3) is 0.933. The van der Waals surface area contributed by atoms with Crippen LogP contribution < -0.4 is 0 Å². The predicted molar refractivity (Wildman–Crippen MR) is 76.7 cm³/mol. The summed E-state index contributed by atoms with van der Waals surface area (Å²) in [5, 5.41) is -0.292. The van der Waals surface area contributed by atoms with Gasteiger partial charge in [-0.3, -0.25) is 4.79 Å². The highest BCUT2D eigenvalue weighted by Gasteiger charge is 2.43. The van der Waals surface area contributed by atoms with E-state index in [0.29, 0.717) is 12.2 Å². The zero-order valence-corrected chi connectivity index (χ0v) is 13.1. The lowest BCUT2D eigenvalue weighted by atomic mass is 9.73. The first-order chi connectivity index (χ1) is 8.72. The third-order valence-electron chi connectivity index (χ3n) is 5.23. The van der Waals surface area contributed by atoms with E-state index < -0.39 is 9.84 Å². The van der Waals surface area contributed by atoms with Crippen molar-refractivity contribution in [1.29, 1.82) is 0 Å². The maximum atomic E-state index is 12.7. The van der Waals surface area contributed by atoms with Gasteiger partial charge in [0.2, 0.25) is 0 Å². The minimum atomic E-state index is -3.00. The summed E-state index contributed by atoms with van der Waals surface area (Å²) < 4.78 is 23.4. The normalized spacial score (nSPS) is 35.2. The van der Waals surface area contributed by atoms with Gasteiger partial charge in [-0.05, 0) is 37.5 Å². The number of hydrogen-bond acceptors (Lipinski definition) is 3. The van der Waals surface area contributed by atoms with Crippen LogP contribution in [0, 0.1) is 17.3 Å². The van der Waals surface area contributed by atoms with Crippen LogP contribution in [0.1, 0.15) is 58.8 Å². The Bertz CT molecular complexity index is 450. The van der Waals surface area contributed by atoms with Crippen molar-refractivity contribution in [2.75, 3.05) is 6.26 Å². The molecule has 2 aliphatic carbocycles. The minimum absolute atomic E-state index is 0.0177. The predicted octanol–water partition coefficient (Wildman–Crippen LogP) is 2.99. The molecule has 0 saturated heterocycles. The number of sulfone groups is 1. The van der Waals surface area contributed by atoms with Crippen molar-refractivity contribution in [2.45, 2.75) is 64.0 Å². The van der Waals surface area contributed by atoms with Gasteiger partial charge in [0.15, 0.2) is 0 Å². The van der Waals surface area contributed by atoms with E-state index in [0.717, 1.165) is 38.5 Å². The summed E-state index contributed by atoms with van der Waals surface area (Å²) in [5.74, 6) is 0.475.